The van der Waals surface area contributed by atoms with Crippen LogP contribution in [0.25, 0.3) is 0 Å². The zero-order chi connectivity index (χ0) is 19.2. The van der Waals surface area contributed by atoms with Crippen molar-refractivity contribution in [2.45, 2.75) is 33.1 Å². The average molecular weight is 361 g/mol. The minimum atomic E-state index is -0.0751. The van der Waals surface area contributed by atoms with E-state index in [1.165, 1.54) is 12.5 Å². The molecule has 0 saturated carbocycles. The van der Waals surface area contributed by atoms with Crippen LogP contribution in [0.4, 0.5) is 5.69 Å². The number of Topliss-reactive ketones (excluding diaryl/α,β-unsaturated/α-hetero) is 1. The first-order chi connectivity index (χ1) is 13.0. The molecule has 2 aromatic carbocycles. The molecule has 3 rings (SSSR count). The van der Waals surface area contributed by atoms with Crippen molar-refractivity contribution in [3.05, 3.63) is 88.9 Å². The highest BCUT2D eigenvalue weighted by atomic mass is 16.3. The SMILES string of the molecule is CC(=O)c1cc(CCC(=O)Nc2ccccc2Cc2ccccc2)oc1C. The zero-order valence-electron chi connectivity index (χ0n) is 15.6. The lowest BCUT2D eigenvalue weighted by molar-refractivity contribution is -0.116. The van der Waals surface area contributed by atoms with Crippen molar-refractivity contribution >= 4 is 17.4 Å². The molecule has 138 valence electrons. The number of carbonyl (C=O) groups is 2. The summed E-state index contributed by atoms with van der Waals surface area (Å²) in [6, 6.07) is 19.7. The first-order valence-electron chi connectivity index (χ1n) is 9.05. The largest absolute Gasteiger partial charge is 0.466 e. The van der Waals surface area contributed by atoms with Crippen LogP contribution >= 0.6 is 0 Å². The van der Waals surface area contributed by atoms with Crippen LogP contribution < -0.4 is 5.32 Å². The second-order valence-electron chi connectivity index (χ2n) is 6.61. The van der Waals surface area contributed by atoms with Crippen LogP contribution in [0.3, 0.4) is 0 Å². The van der Waals surface area contributed by atoms with E-state index in [0.29, 0.717) is 29.9 Å². The van der Waals surface area contributed by atoms with Gasteiger partial charge in [-0.25, -0.2) is 0 Å². The highest BCUT2D eigenvalue weighted by Crippen LogP contribution is 2.20. The van der Waals surface area contributed by atoms with Gasteiger partial charge in [0.05, 0.1) is 5.56 Å². The monoisotopic (exact) mass is 361 g/mol. The Morgan fingerprint density at radius 2 is 1.70 bits per heavy atom. The molecular weight excluding hydrogens is 338 g/mol. The van der Waals surface area contributed by atoms with Gasteiger partial charge in [0, 0.05) is 18.5 Å². The number of hydrogen-bond donors (Lipinski definition) is 1. The Morgan fingerprint density at radius 3 is 2.41 bits per heavy atom. The van der Waals surface area contributed by atoms with E-state index in [2.05, 4.69) is 17.4 Å². The number of amides is 1. The third-order valence-corrected chi connectivity index (χ3v) is 4.48. The fraction of sp³-hybridized carbons (Fsp3) is 0.217. The van der Waals surface area contributed by atoms with Gasteiger partial charge >= 0.3 is 0 Å². The van der Waals surface area contributed by atoms with Gasteiger partial charge in [0.25, 0.3) is 0 Å². The van der Waals surface area contributed by atoms with E-state index in [4.69, 9.17) is 4.42 Å². The number of rotatable bonds is 7. The summed E-state index contributed by atoms with van der Waals surface area (Å²) >= 11 is 0. The first kappa shape index (κ1) is 18.6. The molecule has 0 radical (unpaired) electrons. The van der Waals surface area contributed by atoms with Gasteiger partial charge in [0.15, 0.2) is 5.78 Å². The summed E-state index contributed by atoms with van der Waals surface area (Å²) in [7, 11) is 0. The maximum Gasteiger partial charge on any atom is 0.224 e. The lowest BCUT2D eigenvalue weighted by atomic mass is 10.0. The van der Waals surface area contributed by atoms with E-state index >= 15 is 0 Å². The van der Waals surface area contributed by atoms with Crippen molar-refractivity contribution in [2.24, 2.45) is 0 Å². The van der Waals surface area contributed by atoms with E-state index in [0.717, 1.165) is 17.7 Å². The molecule has 0 bridgehead atoms. The summed E-state index contributed by atoms with van der Waals surface area (Å²) in [5, 5.41) is 3.00. The molecular formula is C23H23NO3. The van der Waals surface area contributed by atoms with Crippen molar-refractivity contribution in [3.63, 3.8) is 0 Å². The van der Waals surface area contributed by atoms with Gasteiger partial charge in [-0.3, -0.25) is 9.59 Å². The molecule has 1 aromatic heterocycles. The van der Waals surface area contributed by atoms with Gasteiger partial charge in [-0.2, -0.15) is 0 Å². The predicted octanol–water partition coefficient (Wildman–Crippen LogP) is 4.95. The molecule has 0 saturated heterocycles. The Hall–Kier alpha value is -3.14. The molecule has 1 amide bonds. The molecule has 4 nitrogen and oxygen atoms in total. The number of benzene rings is 2. The molecule has 1 heterocycles. The number of furan rings is 1. The van der Waals surface area contributed by atoms with Crippen LogP contribution in [-0.2, 0) is 17.6 Å². The summed E-state index contributed by atoms with van der Waals surface area (Å²) in [6.45, 7) is 3.28. The van der Waals surface area contributed by atoms with Crippen LogP contribution in [0.2, 0.25) is 0 Å². The fourth-order valence-electron chi connectivity index (χ4n) is 3.08. The molecule has 27 heavy (non-hydrogen) atoms. The lowest BCUT2D eigenvalue weighted by Crippen LogP contribution is -2.13. The zero-order valence-corrected chi connectivity index (χ0v) is 15.6. The number of aryl methyl sites for hydroxylation is 2. The number of hydrogen-bond acceptors (Lipinski definition) is 3. The summed E-state index contributed by atoms with van der Waals surface area (Å²) in [5.74, 6) is 1.16. The van der Waals surface area contributed by atoms with Crippen molar-refractivity contribution in [1.29, 1.82) is 0 Å². The van der Waals surface area contributed by atoms with Crippen LogP contribution in [0.1, 0.15) is 46.3 Å². The van der Waals surface area contributed by atoms with Gasteiger partial charge in [-0.15, -0.1) is 0 Å². The molecule has 0 aliphatic heterocycles. The minimum Gasteiger partial charge on any atom is -0.466 e. The molecule has 0 unspecified atom stereocenters. The molecule has 0 aliphatic rings. The number of anilines is 1. The van der Waals surface area contributed by atoms with E-state index in [9.17, 15) is 9.59 Å². The van der Waals surface area contributed by atoms with Crippen molar-refractivity contribution in [1.82, 2.24) is 0 Å². The number of ketones is 1. The van der Waals surface area contributed by atoms with Crippen LogP contribution in [0.15, 0.2) is 65.1 Å². The second-order valence-corrected chi connectivity index (χ2v) is 6.61. The van der Waals surface area contributed by atoms with Gasteiger partial charge < -0.3 is 9.73 Å². The van der Waals surface area contributed by atoms with Crippen molar-refractivity contribution < 1.29 is 14.0 Å². The topological polar surface area (TPSA) is 59.3 Å². The molecule has 4 heteroatoms. The molecule has 0 fully saturated rings. The third kappa shape index (κ3) is 4.94. The normalized spacial score (nSPS) is 10.6. The summed E-state index contributed by atoms with van der Waals surface area (Å²) in [4.78, 5) is 23.9. The Morgan fingerprint density at radius 1 is 1.00 bits per heavy atom. The minimum absolute atomic E-state index is 0.0261. The molecule has 0 aliphatic carbocycles. The standard InChI is InChI=1S/C23H23NO3/c1-16(25)21-15-20(27-17(21)2)12-13-23(26)24-22-11-7-6-10-19(22)14-18-8-4-3-5-9-18/h3-11,15H,12-14H2,1-2H3,(H,24,26). The van der Waals surface area contributed by atoms with Gasteiger partial charge in [0.2, 0.25) is 5.91 Å². The molecule has 0 atom stereocenters. The maximum absolute atomic E-state index is 12.4. The lowest BCUT2D eigenvalue weighted by Gasteiger charge is -2.11. The van der Waals surface area contributed by atoms with E-state index < -0.39 is 0 Å². The van der Waals surface area contributed by atoms with Gasteiger partial charge in [0.1, 0.15) is 11.5 Å². The smallest absolute Gasteiger partial charge is 0.224 e. The van der Waals surface area contributed by atoms with Crippen LogP contribution in [-0.4, -0.2) is 11.7 Å². The van der Waals surface area contributed by atoms with Crippen LogP contribution in [0, 0.1) is 6.92 Å². The van der Waals surface area contributed by atoms with Gasteiger partial charge in [-0.05, 0) is 43.5 Å². The third-order valence-electron chi connectivity index (χ3n) is 4.48. The molecule has 0 spiro atoms. The number of para-hydroxylation sites is 1. The molecule has 3 aromatic rings. The first-order valence-corrected chi connectivity index (χ1v) is 9.05. The van der Waals surface area contributed by atoms with E-state index in [1.807, 2.05) is 42.5 Å². The summed E-state index contributed by atoms with van der Waals surface area (Å²) in [5.41, 5.74) is 3.68. The Bertz CT molecular complexity index is 941. The average Bonchev–Trinajstić information content (AvgIpc) is 3.04. The maximum atomic E-state index is 12.4. The Balaban J connectivity index is 1.63. The van der Waals surface area contributed by atoms with Crippen LogP contribution in [0.5, 0.6) is 0 Å². The Kier molecular flexibility index (Phi) is 5.87. The van der Waals surface area contributed by atoms with Crippen molar-refractivity contribution in [2.75, 3.05) is 5.32 Å². The Labute approximate surface area is 159 Å². The fourth-order valence-corrected chi connectivity index (χ4v) is 3.08. The summed E-state index contributed by atoms with van der Waals surface area (Å²) < 4.78 is 5.58. The second kappa shape index (κ2) is 8.49. The quantitative estimate of drug-likeness (QED) is 0.606. The number of carbonyl (C=O) groups excluding carboxylic acids is 2. The van der Waals surface area contributed by atoms with E-state index in [-0.39, 0.29) is 11.7 Å². The predicted molar refractivity (Wildman–Crippen MR) is 106 cm³/mol. The molecule has 1 N–H and O–H groups in total. The van der Waals surface area contributed by atoms with E-state index in [1.54, 1.807) is 13.0 Å². The highest BCUT2D eigenvalue weighted by Gasteiger charge is 2.13. The number of nitrogens with one attached hydrogen (secondary N) is 1. The van der Waals surface area contributed by atoms with Gasteiger partial charge in [-0.1, -0.05) is 48.5 Å². The summed E-state index contributed by atoms with van der Waals surface area (Å²) in [6.07, 6.45) is 1.52. The van der Waals surface area contributed by atoms with Crippen molar-refractivity contribution in [3.8, 4) is 0 Å². The highest BCUT2D eigenvalue weighted by molar-refractivity contribution is 5.95.